The van der Waals surface area contributed by atoms with E-state index in [9.17, 15) is 14.3 Å². The second-order valence-corrected chi connectivity index (χ2v) is 4.98. The summed E-state index contributed by atoms with van der Waals surface area (Å²) in [5, 5.41) is 10.3. The van der Waals surface area contributed by atoms with Gasteiger partial charge >= 0.3 is 6.01 Å². The van der Waals surface area contributed by atoms with Gasteiger partial charge in [-0.3, -0.25) is 9.36 Å². The quantitative estimate of drug-likeness (QED) is 0.705. The summed E-state index contributed by atoms with van der Waals surface area (Å²) in [4.78, 5) is 14.8. The molecule has 5 atom stereocenters. The molecule has 1 aromatic heterocycles. The lowest BCUT2D eigenvalue weighted by Crippen LogP contribution is -2.32. The van der Waals surface area contributed by atoms with Crippen molar-refractivity contribution in [3.8, 4) is 6.01 Å². The van der Waals surface area contributed by atoms with E-state index in [-0.39, 0.29) is 11.9 Å². The lowest BCUT2D eigenvalue weighted by atomic mass is 10.1. The number of alkyl halides is 2. The fourth-order valence-corrected chi connectivity index (χ4v) is 3.30. The molecule has 1 unspecified atom stereocenters. The molecule has 0 radical (unpaired) electrons. The van der Waals surface area contributed by atoms with E-state index < -0.39 is 35.3 Å². The SMILES string of the molecule is O=c1ccn2c(n1)OC1[C@@]3(CCl)O[C@@H]2[C@H](F)[C@@]13O. The van der Waals surface area contributed by atoms with Crippen LogP contribution < -0.4 is 10.3 Å². The van der Waals surface area contributed by atoms with Gasteiger partial charge in [0.05, 0.1) is 5.88 Å². The molecule has 1 N–H and O–H groups in total. The van der Waals surface area contributed by atoms with E-state index in [2.05, 4.69) is 4.98 Å². The van der Waals surface area contributed by atoms with Gasteiger partial charge in [-0.2, -0.15) is 4.98 Å². The fraction of sp³-hybridized carbons (Fsp3) is 0.600. The Morgan fingerprint density at radius 3 is 3.11 bits per heavy atom. The summed E-state index contributed by atoms with van der Waals surface area (Å²) < 4.78 is 26.4. The second-order valence-electron chi connectivity index (χ2n) is 4.71. The first-order chi connectivity index (χ1) is 8.54. The number of aliphatic hydroxyl groups is 1. The summed E-state index contributed by atoms with van der Waals surface area (Å²) >= 11 is 5.76. The summed E-state index contributed by atoms with van der Waals surface area (Å²) in [5.41, 5.74) is -3.52. The third-order valence-electron chi connectivity index (χ3n) is 3.92. The smallest absolute Gasteiger partial charge is 0.302 e. The predicted octanol–water partition coefficient (Wildman–Crippen LogP) is -0.407. The van der Waals surface area contributed by atoms with Crippen LogP contribution in [0.4, 0.5) is 4.39 Å². The Labute approximate surface area is 105 Å². The van der Waals surface area contributed by atoms with E-state index >= 15 is 0 Å². The second kappa shape index (κ2) is 2.87. The molecule has 1 saturated carbocycles. The average Bonchev–Trinajstić information content (AvgIpc) is 2.85. The Hall–Kier alpha value is -1.18. The molecule has 6 nitrogen and oxygen atoms in total. The van der Waals surface area contributed by atoms with E-state index in [1.807, 2.05) is 0 Å². The zero-order valence-electron chi connectivity index (χ0n) is 8.92. The van der Waals surface area contributed by atoms with Gasteiger partial charge in [0.1, 0.15) is 0 Å². The zero-order valence-corrected chi connectivity index (χ0v) is 9.67. The first-order valence-corrected chi connectivity index (χ1v) is 5.94. The van der Waals surface area contributed by atoms with Crippen molar-refractivity contribution in [2.24, 2.45) is 0 Å². The van der Waals surface area contributed by atoms with Crippen molar-refractivity contribution >= 4 is 11.6 Å². The number of nitrogens with zero attached hydrogens (tertiary/aromatic N) is 2. The molecule has 4 heterocycles. The Bertz CT molecular complexity index is 606. The molecule has 4 bridgehead atoms. The molecule has 1 aromatic rings. The fourth-order valence-electron chi connectivity index (χ4n) is 2.88. The molecule has 3 aliphatic heterocycles. The van der Waals surface area contributed by atoms with Gasteiger partial charge in [-0.25, -0.2) is 4.39 Å². The Morgan fingerprint density at radius 2 is 2.44 bits per heavy atom. The Morgan fingerprint density at radius 1 is 1.67 bits per heavy atom. The minimum atomic E-state index is -1.77. The Kier molecular flexibility index (Phi) is 1.71. The van der Waals surface area contributed by atoms with Crippen LogP contribution in [0.2, 0.25) is 0 Å². The first-order valence-electron chi connectivity index (χ1n) is 5.41. The summed E-state index contributed by atoms with van der Waals surface area (Å²) in [6.45, 7) is 0. The van der Waals surface area contributed by atoms with E-state index in [0.717, 1.165) is 0 Å². The van der Waals surface area contributed by atoms with E-state index in [1.54, 1.807) is 0 Å². The summed E-state index contributed by atoms with van der Waals surface area (Å²) in [6.07, 6.45) is -2.35. The Balaban J connectivity index is 1.92. The van der Waals surface area contributed by atoms with Crippen molar-refractivity contribution in [2.75, 3.05) is 5.88 Å². The lowest BCUT2D eigenvalue weighted by Gasteiger charge is -2.18. The highest BCUT2D eigenvalue weighted by atomic mass is 35.5. The van der Waals surface area contributed by atoms with Crippen molar-refractivity contribution in [3.63, 3.8) is 0 Å². The van der Waals surface area contributed by atoms with Gasteiger partial charge in [-0.05, 0) is 0 Å². The van der Waals surface area contributed by atoms with Crippen LogP contribution in [0.15, 0.2) is 17.1 Å². The molecule has 96 valence electrons. The number of hydrogen-bond donors (Lipinski definition) is 1. The zero-order chi connectivity index (χ0) is 12.7. The number of aromatic nitrogens is 2. The lowest BCUT2D eigenvalue weighted by molar-refractivity contribution is -0.0582. The normalized spacial score (nSPS) is 47.2. The van der Waals surface area contributed by atoms with Gasteiger partial charge in [-0.1, -0.05) is 0 Å². The van der Waals surface area contributed by atoms with Crippen LogP contribution in [-0.4, -0.2) is 44.0 Å². The van der Waals surface area contributed by atoms with Crippen LogP contribution in [0.25, 0.3) is 0 Å². The summed E-state index contributed by atoms with van der Waals surface area (Å²) in [6, 6.07) is 1.12. The summed E-state index contributed by atoms with van der Waals surface area (Å²) in [5.74, 6) is -0.0934. The minimum absolute atomic E-state index is 0.0550. The molecule has 8 heteroatoms. The molecule has 1 aliphatic carbocycles. The monoisotopic (exact) mass is 274 g/mol. The largest absolute Gasteiger partial charge is 0.455 e. The van der Waals surface area contributed by atoms with Gasteiger partial charge in [0.25, 0.3) is 5.56 Å². The van der Waals surface area contributed by atoms with Crippen LogP contribution in [0.5, 0.6) is 6.01 Å². The van der Waals surface area contributed by atoms with Crippen molar-refractivity contribution < 1.29 is 19.0 Å². The van der Waals surface area contributed by atoms with Crippen LogP contribution in [0.3, 0.4) is 0 Å². The highest BCUT2D eigenvalue weighted by Crippen LogP contribution is 2.66. The first kappa shape index (κ1) is 10.7. The average molecular weight is 275 g/mol. The van der Waals surface area contributed by atoms with Gasteiger partial charge in [0, 0.05) is 12.3 Å². The van der Waals surface area contributed by atoms with Gasteiger partial charge in [0.2, 0.25) is 0 Å². The van der Waals surface area contributed by atoms with Gasteiger partial charge in [0.15, 0.2) is 29.7 Å². The van der Waals surface area contributed by atoms with Crippen LogP contribution in [0, 0.1) is 0 Å². The number of rotatable bonds is 1. The van der Waals surface area contributed by atoms with Crippen LogP contribution >= 0.6 is 11.6 Å². The standard InChI is InChI=1S/C10H8ClFN2O4/c11-3-9-7-10(9,16)5(12)6(18-9)14-2-1-4(15)13-8(14)17-7/h1-2,5-7,16H,3H2/t5-,6+,7?,9+,10+/m0/s1. The molecular weight excluding hydrogens is 267 g/mol. The van der Waals surface area contributed by atoms with Crippen molar-refractivity contribution in [2.45, 2.75) is 29.7 Å². The number of hydrogen-bond acceptors (Lipinski definition) is 5. The van der Waals surface area contributed by atoms with E-state index in [1.165, 1.54) is 16.8 Å². The van der Waals surface area contributed by atoms with E-state index in [4.69, 9.17) is 21.1 Å². The maximum Gasteiger partial charge on any atom is 0.302 e. The third-order valence-corrected chi connectivity index (χ3v) is 4.32. The maximum absolute atomic E-state index is 14.3. The minimum Gasteiger partial charge on any atom is -0.455 e. The molecule has 4 aliphatic rings. The molecule has 0 aromatic carbocycles. The molecule has 0 amide bonds. The molecule has 5 rings (SSSR count). The highest BCUT2D eigenvalue weighted by Gasteiger charge is 2.91. The highest BCUT2D eigenvalue weighted by molar-refractivity contribution is 6.19. The maximum atomic E-state index is 14.3. The molecule has 1 saturated heterocycles. The van der Waals surface area contributed by atoms with E-state index in [0.29, 0.717) is 0 Å². The molecular formula is C10H8ClFN2O4. The van der Waals surface area contributed by atoms with Gasteiger partial charge in [-0.15, -0.1) is 11.6 Å². The topological polar surface area (TPSA) is 73.6 Å². The third kappa shape index (κ3) is 0.877. The number of halogens is 2. The predicted molar refractivity (Wildman–Crippen MR) is 56.3 cm³/mol. The van der Waals surface area contributed by atoms with Crippen molar-refractivity contribution in [1.82, 2.24) is 9.55 Å². The van der Waals surface area contributed by atoms with Crippen molar-refractivity contribution in [3.05, 3.63) is 22.6 Å². The van der Waals surface area contributed by atoms with Crippen molar-refractivity contribution in [1.29, 1.82) is 0 Å². The molecule has 18 heavy (non-hydrogen) atoms. The van der Waals surface area contributed by atoms with Crippen LogP contribution in [-0.2, 0) is 4.74 Å². The molecule has 0 spiro atoms. The number of ether oxygens (including phenoxy) is 2. The summed E-state index contributed by atoms with van der Waals surface area (Å²) in [7, 11) is 0. The molecule has 2 fully saturated rings. The van der Waals surface area contributed by atoms with Crippen LogP contribution in [0.1, 0.15) is 6.23 Å². The van der Waals surface area contributed by atoms with Gasteiger partial charge < -0.3 is 14.6 Å².